The molecule has 0 unspecified atom stereocenters. The van der Waals surface area contributed by atoms with Gasteiger partial charge in [-0.05, 0) is 37.8 Å². The van der Waals surface area contributed by atoms with Gasteiger partial charge < -0.3 is 15.8 Å². The van der Waals surface area contributed by atoms with Crippen LogP contribution >= 0.6 is 0 Å². The molecule has 0 heterocycles. The normalized spacial score (nSPS) is 21.5. The van der Waals surface area contributed by atoms with Crippen molar-refractivity contribution in [1.82, 2.24) is 0 Å². The van der Waals surface area contributed by atoms with Crippen LogP contribution in [0.3, 0.4) is 0 Å². The molecule has 1 aliphatic rings. The van der Waals surface area contributed by atoms with Crippen LogP contribution in [0.1, 0.15) is 31.2 Å². The van der Waals surface area contributed by atoms with Gasteiger partial charge in [0.1, 0.15) is 5.56 Å². The summed E-state index contributed by atoms with van der Waals surface area (Å²) in [6, 6.07) is 3.02. The van der Waals surface area contributed by atoms with Gasteiger partial charge in [0.15, 0.2) is 0 Å². The van der Waals surface area contributed by atoms with Crippen LogP contribution in [0.25, 0.3) is 0 Å². The number of alkyl halides is 3. The minimum absolute atomic E-state index is 0.0188. The average Bonchev–Trinajstić information content (AvgIpc) is 2.53. The summed E-state index contributed by atoms with van der Waals surface area (Å²) in [5.74, 6) is 0. The maximum atomic E-state index is 13.0. The van der Waals surface area contributed by atoms with Crippen molar-refractivity contribution >= 4 is 11.4 Å². The lowest BCUT2D eigenvalue weighted by Crippen LogP contribution is -2.30. The van der Waals surface area contributed by atoms with E-state index in [1.807, 2.05) is 0 Å². The van der Waals surface area contributed by atoms with Gasteiger partial charge in [-0.15, -0.1) is 0 Å². The van der Waals surface area contributed by atoms with Gasteiger partial charge in [0.2, 0.25) is 0 Å². The van der Waals surface area contributed by atoms with E-state index in [2.05, 4.69) is 5.32 Å². The van der Waals surface area contributed by atoms with E-state index in [0.29, 0.717) is 13.2 Å². The molecule has 0 saturated heterocycles. The molecule has 24 heavy (non-hydrogen) atoms. The van der Waals surface area contributed by atoms with Gasteiger partial charge in [0.05, 0.1) is 17.6 Å². The quantitative estimate of drug-likeness (QED) is 0.609. The largest absolute Gasteiger partial charge is 0.423 e. The molecule has 2 rings (SSSR count). The molecule has 9 heteroatoms. The third-order valence-electron chi connectivity index (χ3n) is 4.02. The van der Waals surface area contributed by atoms with E-state index in [1.54, 1.807) is 0 Å². The summed E-state index contributed by atoms with van der Waals surface area (Å²) >= 11 is 0. The summed E-state index contributed by atoms with van der Waals surface area (Å²) in [5.41, 5.74) is 3.44. The number of nitro benzene ring substituents is 1. The molecule has 0 bridgehead atoms. The second-order valence-corrected chi connectivity index (χ2v) is 5.76. The van der Waals surface area contributed by atoms with E-state index in [0.717, 1.165) is 37.8 Å². The third kappa shape index (κ3) is 4.81. The predicted octanol–water partition coefficient (Wildman–Crippen LogP) is 3.31. The maximum absolute atomic E-state index is 13.0. The van der Waals surface area contributed by atoms with E-state index >= 15 is 0 Å². The first-order valence-corrected chi connectivity index (χ1v) is 7.75. The Hall–Kier alpha value is -1.87. The molecular weight excluding hydrogens is 327 g/mol. The number of nitrogens with zero attached hydrogens (tertiary/aromatic N) is 1. The first-order chi connectivity index (χ1) is 11.3. The monoisotopic (exact) mass is 347 g/mol. The summed E-state index contributed by atoms with van der Waals surface area (Å²) in [4.78, 5) is 9.73. The topological polar surface area (TPSA) is 90.4 Å². The third-order valence-corrected chi connectivity index (χ3v) is 4.02. The van der Waals surface area contributed by atoms with E-state index in [1.165, 1.54) is 6.07 Å². The lowest BCUT2D eigenvalue weighted by atomic mass is 9.92. The minimum Gasteiger partial charge on any atom is -0.382 e. The van der Waals surface area contributed by atoms with E-state index in [4.69, 9.17) is 10.5 Å². The SMILES string of the molecule is NCCO[C@H]1CC[C@H](Nc2ccc([N+](=O)[O-])c(C(F)(F)F)c2)CC1. The minimum atomic E-state index is -4.77. The van der Waals surface area contributed by atoms with Crippen LogP contribution < -0.4 is 11.1 Å². The Morgan fingerprint density at radius 2 is 1.96 bits per heavy atom. The van der Waals surface area contributed by atoms with Gasteiger partial charge in [0, 0.05) is 24.3 Å². The number of halogens is 3. The Morgan fingerprint density at radius 3 is 2.50 bits per heavy atom. The molecule has 1 aromatic rings. The van der Waals surface area contributed by atoms with Crippen LogP contribution in [-0.2, 0) is 10.9 Å². The van der Waals surface area contributed by atoms with Crippen molar-refractivity contribution in [3.63, 3.8) is 0 Å². The number of ether oxygens (including phenoxy) is 1. The number of rotatable bonds is 6. The van der Waals surface area contributed by atoms with Crippen molar-refractivity contribution in [3.8, 4) is 0 Å². The molecule has 0 radical (unpaired) electrons. The van der Waals surface area contributed by atoms with Crippen molar-refractivity contribution < 1.29 is 22.8 Å². The highest BCUT2D eigenvalue weighted by Gasteiger charge is 2.38. The fourth-order valence-corrected chi connectivity index (χ4v) is 2.86. The maximum Gasteiger partial charge on any atom is 0.423 e. The van der Waals surface area contributed by atoms with Gasteiger partial charge in [-0.2, -0.15) is 13.2 Å². The molecule has 0 aromatic heterocycles. The van der Waals surface area contributed by atoms with Crippen LogP contribution in [0, 0.1) is 10.1 Å². The molecule has 134 valence electrons. The highest BCUT2D eigenvalue weighted by Crippen LogP contribution is 2.38. The number of benzene rings is 1. The van der Waals surface area contributed by atoms with Crippen LogP contribution in [0.5, 0.6) is 0 Å². The first-order valence-electron chi connectivity index (χ1n) is 7.75. The standard InChI is InChI=1S/C15H20F3N3O3/c16-15(17,18)13-9-11(3-6-14(13)21(22)23)20-10-1-4-12(5-2-10)24-8-7-19/h3,6,9-10,12,20H,1-2,4-5,7-8,19H2/t10-,12-. The second kappa shape index (κ2) is 7.80. The van der Waals surface area contributed by atoms with Crippen LogP contribution in [0.4, 0.5) is 24.5 Å². The summed E-state index contributed by atoms with van der Waals surface area (Å²) in [6.07, 6.45) is -1.52. The molecule has 0 atom stereocenters. The fraction of sp³-hybridized carbons (Fsp3) is 0.600. The molecule has 1 saturated carbocycles. The number of anilines is 1. The Morgan fingerprint density at radius 1 is 1.29 bits per heavy atom. The zero-order chi connectivity index (χ0) is 17.7. The average molecular weight is 347 g/mol. The lowest BCUT2D eigenvalue weighted by molar-refractivity contribution is -0.388. The number of nitrogens with one attached hydrogen (secondary N) is 1. The van der Waals surface area contributed by atoms with E-state index in [9.17, 15) is 23.3 Å². The number of nitrogens with two attached hydrogens (primary N) is 1. The van der Waals surface area contributed by atoms with Gasteiger partial charge in [-0.3, -0.25) is 10.1 Å². The highest BCUT2D eigenvalue weighted by atomic mass is 19.4. The molecule has 0 amide bonds. The first kappa shape index (κ1) is 18.5. The molecule has 3 N–H and O–H groups in total. The summed E-state index contributed by atoms with van der Waals surface area (Å²) in [6.45, 7) is 0.960. The van der Waals surface area contributed by atoms with Crippen LogP contribution in [0.2, 0.25) is 0 Å². The Bertz CT molecular complexity index is 573. The second-order valence-electron chi connectivity index (χ2n) is 5.76. The molecule has 6 nitrogen and oxygen atoms in total. The fourth-order valence-electron chi connectivity index (χ4n) is 2.86. The molecule has 1 fully saturated rings. The molecule has 1 aliphatic carbocycles. The molecular formula is C15H20F3N3O3. The number of hydrogen-bond donors (Lipinski definition) is 2. The Labute approximate surface area is 137 Å². The van der Waals surface area contributed by atoms with Crippen molar-refractivity contribution in [2.45, 2.75) is 44.0 Å². The summed E-state index contributed by atoms with van der Waals surface area (Å²) in [7, 11) is 0. The Balaban J connectivity index is 2.02. The molecule has 0 aliphatic heterocycles. The molecule has 1 aromatic carbocycles. The number of nitro groups is 1. The molecule has 0 spiro atoms. The van der Waals surface area contributed by atoms with Gasteiger partial charge >= 0.3 is 6.18 Å². The summed E-state index contributed by atoms with van der Waals surface area (Å²) < 4.78 is 44.5. The van der Waals surface area contributed by atoms with Crippen LogP contribution in [-0.4, -0.2) is 30.2 Å². The van der Waals surface area contributed by atoms with Crippen LogP contribution in [0.15, 0.2) is 18.2 Å². The number of hydrogen-bond acceptors (Lipinski definition) is 5. The van der Waals surface area contributed by atoms with Crippen molar-refractivity contribution in [1.29, 1.82) is 0 Å². The zero-order valence-corrected chi connectivity index (χ0v) is 13.0. The van der Waals surface area contributed by atoms with Crippen molar-refractivity contribution in [2.75, 3.05) is 18.5 Å². The summed E-state index contributed by atoms with van der Waals surface area (Å²) in [5, 5.41) is 13.8. The van der Waals surface area contributed by atoms with Crippen molar-refractivity contribution in [2.24, 2.45) is 5.73 Å². The zero-order valence-electron chi connectivity index (χ0n) is 13.0. The van der Waals surface area contributed by atoms with Crippen molar-refractivity contribution in [3.05, 3.63) is 33.9 Å². The van der Waals surface area contributed by atoms with E-state index < -0.39 is 22.4 Å². The van der Waals surface area contributed by atoms with Gasteiger partial charge in [0.25, 0.3) is 5.69 Å². The van der Waals surface area contributed by atoms with Gasteiger partial charge in [-0.1, -0.05) is 0 Å². The lowest BCUT2D eigenvalue weighted by Gasteiger charge is -2.29. The smallest absolute Gasteiger partial charge is 0.382 e. The Kier molecular flexibility index (Phi) is 6.00. The van der Waals surface area contributed by atoms with E-state index in [-0.39, 0.29) is 17.8 Å². The highest BCUT2D eigenvalue weighted by molar-refractivity contribution is 5.55. The predicted molar refractivity (Wildman–Crippen MR) is 82.8 cm³/mol. The van der Waals surface area contributed by atoms with Gasteiger partial charge in [-0.25, -0.2) is 0 Å².